The zero-order valence-corrected chi connectivity index (χ0v) is 16.8. The maximum absolute atomic E-state index is 10.5. The first-order valence-corrected chi connectivity index (χ1v) is 11.2. The van der Waals surface area contributed by atoms with Crippen LogP contribution >= 0.6 is 0 Å². The zero-order chi connectivity index (χ0) is 18.5. The molecular weight excluding hydrogens is 324 g/mol. The summed E-state index contributed by atoms with van der Waals surface area (Å²) in [5, 5.41) is 0. The summed E-state index contributed by atoms with van der Waals surface area (Å²) in [6.07, 6.45) is 15.6. The van der Waals surface area contributed by atoms with Gasteiger partial charge in [0.1, 0.15) is 0 Å². The number of unbranched alkanes of at least 4 members (excludes halogenated alkanes) is 10. The molecule has 0 amide bonds. The van der Waals surface area contributed by atoms with E-state index < -0.39 is 10.1 Å². The van der Waals surface area contributed by atoms with Gasteiger partial charge in [0.15, 0.2) is 0 Å². The van der Waals surface area contributed by atoms with Crippen molar-refractivity contribution in [1.82, 2.24) is 0 Å². The second kappa shape index (κ2) is 20.7. The van der Waals surface area contributed by atoms with Gasteiger partial charge in [-0.25, -0.2) is 0 Å². The fourth-order valence-corrected chi connectivity index (χ4v) is 2.85. The minimum Gasteiger partial charge on any atom is -0.381 e. The molecule has 0 aliphatic carbocycles. The Labute approximate surface area is 150 Å². The van der Waals surface area contributed by atoms with E-state index in [0.717, 1.165) is 38.9 Å². The largest absolute Gasteiger partial charge is 0.381 e. The van der Waals surface area contributed by atoms with Crippen molar-refractivity contribution in [2.24, 2.45) is 0 Å². The summed E-state index contributed by atoms with van der Waals surface area (Å²) in [6.45, 7) is 9.11. The molecule has 0 unspecified atom stereocenters. The summed E-state index contributed by atoms with van der Waals surface area (Å²) >= 11 is 0. The maximum atomic E-state index is 10.5. The highest BCUT2D eigenvalue weighted by atomic mass is 32.2. The minimum atomic E-state index is -3.77. The van der Waals surface area contributed by atoms with E-state index in [1.165, 1.54) is 44.9 Å². The highest BCUT2D eigenvalue weighted by molar-refractivity contribution is 7.85. The first-order valence-electron chi connectivity index (χ1n) is 9.57. The van der Waals surface area contributed by atoms with Gasteiger partial charge in [0, 0.05) is 13.2 Å². The number of rotatable bonds is 16. The van der Waals surface area contributed by atoms with Crippen LogP contribution in [0.5, 0.6) is 0 Å². The van der Waals surface area contributed by atoms with Crippen LogP contribution in [0, 0.1) is 0 Å². The van der Waals surface area contributed by atoms with Crippen molar-refractivity contribution in [3.05, 3.63) is 12.7 Å². The van der Waals surface area contributed by atoms with Gasteiger partial charge in [-0.15, -0.1) is 6.58 Å². The van der Waals surface area contributed by atoms with Gasteiger partial charge in [0.25, 0.3) is 10.1 Å². The maximum Gasteiger partial charge on any atom is 0.264 e. The van der Waals surface area contributed by atoms with Crippen LogP contribution in [0.2, 0.25) is 0 Å². The van der Waals surface area contributed by atoms with E-state index >= 15 is 0 Å². The Morgan fingerprint density at radius 3 is 1.62 bits per heavy atom. The summed E-state index contributed by atoms with van der Waals surface area (Å²) in [4.78, 5) is 0. The number of hydrogen-bond donors (Lipinski definition) is 1. The van der Waals surface area contributed by atoms with Crippen LogP contribution in [0.4, 0.5) is 0 Å². The van der Waals surface area contributed by atoms with Gasteiger partial charge in [-0.1, -0.05) is 70.8 Å². The SMILES string of the molecule is C=CC.CCCCCCCCCCOCCCCCCS(=O)(=O)O. The molecule has 0 saturated carbocycles. The number of ether oxygens (including phenoxy) is 1. The molecule has 0 atom stereocenters. The van der Waals surface area contributed by atoms with Crippen LogP contribution in [0.3, 0.4) is 0 Å². The lowest BCUT2D eigenvalue weighted by Gasteiger charge is -2.04. The van der Waals surface area contributed by atoms with E-state index in [2.05, 4.69) is 13.5 Å². The molecule has 0 aliphatic heterocycles. The van der Waals surface area contributed by atoms with E-state index in [-0.39, 0.29) is 5.75 Å². The smallest absolute Gasteiger partial charge is 0.264 e. The molecule has 0 fully saturated rings. The lowest BCUT2D eigenvalue weighted by molar-refractivity contribution is 0.125. The van der Waals surface area contributed by atoms with E-state index in [1.807, 2.05) is 6.92 Å². The van der Waals surface area contributed by atoms with Crippen LogP contribution in [0.1, 0.15) is 90.9 Å². The molecule has 0 spiro atoms. The van der Waals surface area contributed by atoms with Crippen LogP contribution in [-0.4, -0.2) is 31.9 Å². The van der Waals surface area contributed by atoms with Crippen LogP contribution in [-0.2, 0) is 14.9 Å². The van der Waals surface area contributed by atoms with E-state index in [0.29, 0.717) is 6.42 Å². The summed E-state index contributed by atoms with van der Waals surface area (Å²) in [7, 11) is -3.77. The fraction of sp³-hybridized carbons (Fsp3) is 0.895. The van der Waals surface area contributed by atoms with Crippen LogP contribution in [0.15, 0.2) is 12.7 Å². The predicted molar refractivity (Wildman–Crippen MR) is 104 cm³/mol. The summed E-state index contributed by atoms with van der Waals surface area (Å²) < 4.78 is 35.1. The molecular formula is C19H40O4S. The lowest BCUT2D eigenvalue weighted by Crippen LogP contribution is -2.03. The van der Waals surface area contributed by atoms with Crippen LogP contribution in [0.25, 0.3) is 0 Å². The van der Waals surface area contributed by atoms with E-state index in [1.54, 1.807) is 6.08 Å². The topological polar surface area (TPSA) is 63.6 Å². The first kappa shape index (κ1) is 25.8. The van der Waals surface area contributed by atoms with E-state index in [9.17, 15) is 8.42 Å². The Morgan fingerprint density at radius 1 is 0.833 bits per heavy atom. The molecule has 0 saturated heterocycles. The molecule has 4 nitrogen and oxygen atoms in total. The molecule has 0 rings (SSSR count). The van der Waals surface area contributed by atoms with Gasteiger partial charge >= 0.3 is 0 Å². The normalized spacial score (nSPS) is 11.0. The predicted octanol–water partition coefficient (Wildman–Crippen LogP) is 5.78. The average Bonchev–Trinajstić information content (AvgIpc) is 2.51. The van der Waals surface area contributed by atoms with Crippen LogP contribution < -0.4 is 0 Å². The highest BCUT2D eigenvalue weighted by Gasteiger charge is 2.02. The molecule has 0 aromatic carbocycles. The van der Waals surface area contributed by atoms with Crippen molar-refractivity contribution < 1.29 is 17.7 Å². The zero-order valence-electron chi connectivity index (χ0n) is 16.0. The first-order chi connectivity index (χ1) is 11.5. The number of allylic oxidation sites excluding steroid dienone is 1. The third kappa shape index (κ3) is 29.6. The Hall–Kier alpha value is -0.390. The molecule has 0 aliphatic rings. The van der Waals surface area contributed by atoms with Crippen molar-refractivity contribution in [2.45, 2.75) is 90.9 Å². The monoisotopic (exact) mass is 364 g/mol. The second-order valence-electron chi connectivity index (χ2n) is 6.20. The van der Waals surface area contributed by atoms with Gasteiger partial charge in [-0.05, 0) is 26.2 Å². The molecule has 146 valence electrons. The second-order valence-corrected chi connectivity index (χ2v) is 7.77. The highest BCUT2D eigenvalue weighted by Crippen LogP contribution is 2.08. The summed E-state index contributed by atoms with van der Waals surface area (Å²) in [6, 6.07) is 0. The molecule has 1 N–H and O–H groups in total. The van der Waals surface area contributed by atoms with Gasteiger partial charge in [-0.3, -0.25) is 4.55 Å². The third-order valence-corrected chi connectivity index (χ3v) is 4.39. The van der Waals surface area contributed by atoms with Crippen molar-refractivity contribution in [2.75, 3.05) is 19.0 Å². The van der Waals surface area contributed by atoms with Gasteiger partial charge in [0.2, 0.25) is 0 Å². The summed E-state index contributed by atoms with van der Waals surface area (Å²) in [5.41, 5.74) is 0. The Balaban J connectivity index is 0. The molecule has 0 heterocycles. The van der Waals surface area contributed by atoms with Crippen molar-refractivity contribution in [1.29, 1.82) is 0 Å². The molecule has 24 heavy (non-hydrogen) atoms. The van der Waals surface area contributed by atoms with Crippen molar-refractivity contribution in [3.63, 3.8) is 0 Å². The van der Waals surface area contributed by atoms with Gasteiger partial charge in [-0.2, -0.15) is 8.42 Å². The standard InChI is InChI=1S/C16H34O4S.C3H6/c1-2-3-4-5-6-7-8-11-14-20-15-12-9-10-13-16-21(17,18)19;1-3-2/h2-16H2,1H3,(H,17,18,19);3H,1H2,2H3. The molecule has 0 bridgehead atoms. The summed E-state index contributed by atoms with van der Waals surface area (Å²) in [5.74, 6) is -0.119. The quantitative estimate of drug-likeness (QED) is 0.214. The lowest BCUT2D eigenvalue weighted by atomic mass is 10.1. The van der Waals surface area contributed by atoms with Gasteiger partial charge in [0.05, 0.1) is 5.75 Å². The Bertz CT molecular complexity index is 339. The van der Waals surface area contributed by atoms with Crippen molar-refractivity contribution >= 4 is 10.1 Å². The average molecular weight is 365 g/mol. The Kier molecular flexibility index (Phi) is 22.2. The molecule has 5 heteroatoms. The number of hydrogen-bond acceptors (Lipinski definition) is 3. The molecule has 0 radical (unpaired) electrons. The molecule has 0 aromatic rings. The Morgan fingerprint density at radius 2 is 1.21 bits per heavy atom. The third-order valence-electron chi connectivity index (χ3n) is 3.58. The molecule has 0 aromatic heterocycles. The fourth-order valence-electron chi connectivity index (χ4n) is 2.28. The van der Waals surface area contributed by atoms with Gasteiger partial charge < -0.3 is 4.74 Å². The van der Waals surface area contributed by atoms with Crippen molar-refractivity contribution in [3.8, 4) is 0 Å². The van der Waals surface area contributed by atoms with E-state index in [4.69, 9.17) is 9.29 Å². The minimum absolute atomic E-state index is 0.119.